The van der Waals surface area contributed by atoms with E-state index in [0.717, 1.165) is 11.3 Å². The number of carbonyl (C=O) groups is 1. The molecule has 0 unspecified atom stereocenters. The minimum atomic E-state index is -0.357. The van der Waals surface area contributed by atoms with Crippen molar-refractivity contribution >= 4 is 41.0 Å². The maximum atomic E-state index is 11.8. The van der Waals surface area contributed by atoms with E-state index in [4.69, 9.17) is 27.9 Å². The molecule has 0 saturated heterocycles. The molecule has 0 saturated carbocycles. The van der Waals surface area contributed by atoms with Crippen LogP contribution in [-0.2, 0) is 4.79 Å². The van der Waals surface area contributed by atoms with Crippen LogP contribution >= 0.6 is 23.2 Å². The summed E-state index contributed by atoms with van der Waals surface area (Å²) in [4.78, 5) is 11.8. The summed E-state index contributed by atoms with van der Waals surface area (Å²) in [6.07, 6.45) is 1.22. The van der Waals surface area contributed by atoms with Gasteiger partial charge in [-0.2, -0.15) is 5.10 Å². The van der Waals surface area contributed by atoms with Gasteiger partial charge in [0.05, 0.1) is 35.0 Å². The van der Waals surface area contributed by atoms with Gasteiger partial charge in [0.25, 0.3) is 5.91 Å². The van der Waals surface area contributed by atoms with E-state index >= 15 is 0 Å². The van der Waals surface area contributed by atoms with E-state index in [9.17, 15) is 9.90 Å². The molecule has 0 fully saturated rings. The highest BCUT2D eigenvalue weighted by atomic mass is 35.5. The van der Waals surface area contributed by atoms with E-state index in [0.29, 0.717) is 6.61 Å². The minimum Gasteiger partial charge on any atom is -0.504 e. The number of hydrazone groups is 1. The fourth-order valence-corrected chi connectivity index (χ4v) is 2.45. The van der Waals surface area contributed by atoms with Crippen molar-refractivity contribution in [1.82, 2.24) is 5.43 Å². The number of phenolic OH excluding ortho intramolecular Hbond substituents is 1. The second-order valence-corrected chi connectivity index (χ2v) is 6.16. The molecular weight excluding hydrogens is 377 g/mol. The van der Waals surface area contributed by atoms with Gasteiger partial charge in [0.15, 0.2) is 11.5 Å². The summed E-state index contributed by atoms with van der Waals surface area (Å²) >= 11 is 12.1. The lowest BCUT2D eigenvalue weighted by atomic mass is 10.2. The Morgan fingerprint density at radius 1 is 1.31 bits per heavy atom. The Morgan fingerprint density at radius 2 is 2.00 bits per heavy atom. The molecule has 0 spiro atoms. The van der Waals surface area contributed by atoms with Crippen molar-refractivity contribution in [3.05, 3.63) is 51.5 Å². The molecule has 0 aliphatic rings. The molecule has 6 nitrogen and oxygen atoms in total. The lowest BCUT2D eigenvalue weighted by molar-refractivity contribution is -0.119. The first-order valence-corrected chi connectivity index (χ1v) is 8.64. The van der Waals surface area contributed by atoms with E-state index in [1.807, 2.05) is 31.2 Å². The van der Waals surface area contributed by atoms with Gasteiger partial charge in [-0.15, -0.1) is 0 Å². The monoisotopic (exact) mass is 395 g/mol. The largest absolute Gasteiger partial charge is 0.504 e. The van der Waals surface area contributed by atoms with Gasteiger partial charge >= 0.3 is 0 Å². The molecule has 0 atom stereocenters. The van der Waals surface area contributed by atoms with Crippen LogP contribution in [0, 0.1) is 6.92 Å². The lowest BCUT2D eigenvalue weighted by Crippen LogP contribution is -2.25. The number of benzene rings is 2. The first-order chi connectivity index (χ1) is 12.4. The molecule has 3 N–H and O–H groups in total. The predicted molar refractivity (Wildman–Crippen MR) is 105 cm³/mol. The topological polar surface area (TPSA) is 83.0 Å². The van der Waals surface area contributed by atoms with Crippen LogP contribution in [-0.4, -0.2) is 30.4 Å². The summed E-state index contributed by atoms with van der Waals surface area (Å²) in [5.41, 5.74) is 4.47. The first-order valence-electron chi connectivity index (χ1n) is 7.88. The Kier molecular flexibility index (Phi) is 7.12. The van der Waals surface area contributed by atoms with Gasteiger partial charge < -0.3 is 15.2 Å². The molecule has 0 aliphatic carbocycles. The van der Waals surface area contributed by atoms with Crippen LogP contribution in [0.5, 0.6) is 11.5 Å². The Balaban J connectivity index is 1.99. The number of carbonyl (C=O) groups excluding carboxylic acids is 1. The van der Waals surface area contributed by atoms with E-state index in [2.05, 4.69) is 15.8 Å². The summed E-state index contributed by atoms with van der Waals surface area (Å²) in [7, 11) is 0. The number of nitrogens with zero attached hydrogens (tertiary/aromatic N) is 1. The second-order valence-electron chi connectivity index (χ2n) is 5.38. The van der Waals surface area contributed by atoms with Crippen LogP contribution in [0.15, 0.2) is 35.4 Å². The van der Waals surface area contributed by atoms with Crippen LogP contribution in [0.25, 0.3) is 0 Å². The van der Waals surface area contributed by atoms with Crippen LogP contribution in [0.4, 0.5) is 5.69 Å². The van der Waals surface area contributed by atoms with Gasteiger partial charge in [-0.3, -0.25) is 4.79 Å². The molecule has 0 bridgehead atoms. The predicted octanol–water partition coefficient (Wildman–Crippen LogP) is 3.97. The Labute approximate surface area is 161 Å². The van der Waals surface area contributed by atoms with E-state index in [1.165, 1.54) is 12.3 Å². The second kappa shape index (κ2) is 9.31. The first kappa shape index (κ1) is 19.9. The third kappa shape index (κ3) is 5.28. The Hall–Kier alpha value is -2.44. The number of anilines is 1. The molecule has 26 heavy (non-hydrogen) atoms. The number of halogens is 2. The summed E-state index contributed by atoms with van der Waals surface area (Å²) in [6, 6.07) is 9.07. The fourth-order valence-electron chi connectivity index (χ4n) is 2.06. The van der Waals surface area contributed by atoms with Crippen molar-refractivity contribution in [2.45, 2.75) is 13.8 Å². The molecular formula is C18H19Cl2N3O3. The van der Waals surface area contributed by atoms with Gasteiger partial charge in [0, 0.05) is 11.8 Å². The molecule has 2 aromatic carbocycles. The summed E-state index contributed by atoms with van der Waals surface area (Å²) < 4.78 is 5.28. The number of aromatic hydroxyl groups is 1. The molecule has 0 aliphatic heterocycles. The minimum absolute atomic E-state index is 0.0415. The van der Waals surface area contributed by atoms with Gasteiger partial charge in [0.1, 0.15) is 0 Å². The molecule has 0 aromatic heterocycles. The van der Waals surface area contributed by atoms with Crippen molar-refractivity contribution in [3.63, 3.8) is 0 Å². The van der Waals surface area contributed by atoms with Gasteiger partial charge in [-0.25, -0.2) is 5.43 Å². The molecule has 0 heterocycles. The molecule has 2 aromatic rings. The number of amides is 1. The molecule has 2 rings (SSSR count). The number of phenols is 1. The quantitative estimate of drug-likeness (QED) is 0.489. The van der Waals surface area contributed by atoms with Crippen LogP contribution < -0.4 is 15.5 Å². The van der Waals surface area contributed by atoms with Crippen LogP contribution in [0.3, 0.4) is 0 Å². The van der Waals surface area contributed by atoms with E-state index < -0.39 is 0 Å². The Morgan fingerprint density at radius 3 is 2.65 bits per heavy atom. The highest BCUT2D eigenvalue weighted by Crippen LogP contribution is 2.39. The van der Waals surface area contributed by atoms with Crippen molar-refractivity contribution in [1.29, 1.82) is 0 Å². The zero-order valence-electron chi connectivity index (χ0n) is 14.3. The van der Waals surface area contributed by atoms with Crippen molar-refractivity contribution in [3.8, 4) is 11.5 Å². The third-order valence-electron chi connectivity index (χ3n) is 3.38. The molecule has 138 valence electrons. The van der Waals surface area contributed by atoms with Crippen LogP contribution in [0.2, 0.25) is 10.0 Å². The molecule has 8 heteroatoms. The standard InChI is InChI=1S/C18H19Cl2N3O3/c1-3-26-15-8-14(19)17(20)13(18(15)25)9-22-23-16(24)10-21-12-6-4-11(2)5-7-12/h4-9,21,25H,3,10H2,1-2H3,(H,23,24). The number of nitrogens with one attached hydrogen (secondary N) is 2. The Bertz CT molecular complexity index is 808. The number of hydrogen-bond acceptors (Lipinski definition) is 5. The number of aryl methyl sites for hydroxylation is 1. The summed E-state index contributed by atoms with van der Waals surface area (Å²) in [5.74, 6) is -0.364. The zero-order valence-corrected chi connectivity index (χ0v) is 15.9. The van der Waals surface area contributed by atoms with Crippen molar-refractivity contribution in [2.24, 2.45) is 5.10 Å². The maximum absolute atomic E-state index is 11.8. The average Bonchev–Trinajstić information content (AvgIpc) is 2.62. The lowest BCUT2D eigenvalue weighted by Gasteiger charge is -2.11. The van der Waals surface area contributed by atoms with E-state index in [1.54, 1.807) is 6.92 Å². The summed E-state index contributed by atoms with van der Waals surface area (Å²) in [6.45, 7) is 4.15. The highest BCUT2D eigenvalue weighted by Gasteiger charge is 2.15. The smallest absolute Gasteiger partial charge is 0.259 e. The van der Waals surface area contributed by atoms with Crippen LogP contribution in [0.1, 0.15) is 18.1 Å². The molecule has 0 radical (unpaired) electrons. The highest BCUT2D eigenvalue weighted by molar-refractivity contribution is 6.43. The summed E-state index contributed by atoms with van der Waals surface area (Å²) in [5, 5.41) is 17.3. The molecule has 1 amide bonds. The average molecular weight is 396 g/mol. The van der Waals surface area contributed by atoms with Gasteiger partial charge in [0.2, 0.25) is 0 Å². The zero-order chi connectivity index (χ0) is 19.1. The maximum Gasteiger partial charge on any atom is 0.259 e. The fraction of sp³-hybridized carbons (Fsp3) is 0.222. The number of hydrogen-bond donors (Lipinski definition) is 3. The van der Waals surface area contributed by atoms with Gasteiger partial charge in [-0.1, -0.05) is 40.9 Å². The number of rotatable bonds is 7. The van der Waals surface area contributed by atoms with E-state index in [-0.39, 0.29) is 39.6 Å². The van der Waals surface area contributed by atoms with Crippen molar-refractivity contribution < 1.29 is 14.6 Å². The number of ether oxygens (including phenoxy) is 1. The third-order valence-corrected chi connectivity index (χ3v) is 4.18. The normalized spacial score (nSPS) is 10.8. The van der Waals surface area contributed by atoms with Gasteiger partial charge in [-0.05, 0) is 26.0 Å². The van der Waals surface area contributed by atoms with Crippen molar-refractivity contribution in [2.75, 3.05) is 18.5 Å². The SMILES string of the molecule is CCOc1cc(Cl)c(Cl)c(C=NNC(=O)CNc2ccc(C)cc2)c1O.